The first-order valence-corrected chi connectivity index (χ1v) is 11.0. The number of nitrogens with one attached hydrogen (secondary N) is 1. The number of nitrogens with zero attached hydrogens (tertiary/aromatic N) is 1. The summed E-state index contributed by atoms with van der Waals surface area (Å²) in [5.74, 6) is -0.279. The molecule has 0 fully saturated rings. The van der Waals surface area contributed by atoms with Crippen LogP contribution in [0, 0.1) is 5.82 Å². The lowest BCUT2D eigenvalue weighted by Crippen LogP contribution is -2.36. The normalized spacial score (nSPS) is 13.1. The number of methoxy groups -OCH3 is 2. The van der Waals surface area contributed by atoms with Gasteiger partial charge in [0, 0.05) is 24.2 Å². The second-order valence-corrected chi connectivity index (χ2v) is 8.08. The first-order chi connectivity index (χ1) is 16.9. The largest absolute Gasteiger partial charge is 0.493 e. The molecule has 35 heavy (non-hydrogen) atoms. The van der Waals surface area contributed by atoms with E-state index >= 15 is 0 Å². The van der Waals surface area contributed by atoms with E-state index in [1.165, 1.54) is 26.4 Å². The highest BCUT2D eigenvalue weighted by atomic mass is 19.1. The zero-order valence-corrected chi connectivity index (χ0v) is 19.4. The summed E-state index contributed by atoms with van der Waals surface area (Å²) in [5, 5.41) is 8.95. The van der Waals surface area contributed by atoms with Crippen molar-refractivity contribution in [1.29, 1.82) is 0 Å². The SMILES string of the molecule is COc1ccc(/C(=C/c2cccc(F)c2)C(=O)N2CCc3ccc(C(=O)NO)cc3C2)cc1OC. The molecule has 0 bridgehead atoms. The number of hydroxylamine groups is 1. The van der Waals surface area contributed by atoms with Crippen LogP contribution in [-0.4, -0.2) is 42.7 Å². The lowest BCUT2D eigenvalue weighted by molar-refractivity contribution is -0.125. The molecule has 0 saturated carbocycles. The van der Waals surface area contributed by atoms with E-state index in [4.69, 9.17) is 14.7 Å². The maximum atomic E-state index is 13.9. The molecule has 0 radical (unpaired) electrons. The van der Waals surface area contributed by atoms with Crippen LogP contribution in [0.3, 0.4) is 0 Å². The molecule has 0 unspecified atom stereocenters. The number of rotatable bonds is 6. The Kier molecular flexibility index (Phi) is 7.12. The third kappa shape index (κ3) is 5.17. The van der Waals surface area contributed by atoms with Crippen molar-refractivity contribution in [1.82, 2.24) is 10.4 Å². The first kappa shape index (κ1) is 24.0. The number of hydrogen-bond donors (Lipinski definition) is 2. The molecule has 0 aliphatic carbocycles. The molecule has 4 rings (SSSR count). The Morgan fingerprint density at radius 3 is 2.46 bits per heavy atom. The summed E-state index contributed by atoms with van der Waals surface area (Å²) in [5.41, 5.74) is 5.29. The van der Waals surface area contributed by atoms with Crippen LogP contribution >= 0.6 is 0 Å². The Hall–Kier alpha value is -4.17. The van der Waals surface area contributed by atoms with Crippen molar-refractivity contribution in [3.8, 4) is 11.5 Å². The monoisotopic (exact) mass is 476 g/mol. The molecular weight excluding hydrogens is 451 g/mol. The van der Waals surface area contributed by atoms with E-state index in [0.717, 1.165) is 11.1 Å². The van der Waals surface area contributed by atoms with Crippen molar-refractivity contribution < 1.29 is 28.7 Å². The fourth-order valence-electron chi connectivity index (χ4n) is 4.14. The predicted octanol–water partition coefficient (Wildman–Crippen LogP) is 4.09. The Morgan fingerprint density at radius 2 is 1.74 bits per heavy atom. The summed E-state index contributed by atoms with van der Waals surface area (Å²) in [6.07, 6.45) is 2.26. The minimum absolute atomic E-state index is 0.246. The van der Waals surface area contributed by atoms with Crippen molar-refractivity contribution >= 4 is 23.5 Å². The van der Waals surface area contributed by atoms with Gasteiger partial charge in [0.2, 0.25) is 0 Å². The summed E-state index contributed by atoms with van der Waals surface area (Å²) in [7, 11) is 3.05. The van der Waals surface area contributed by atoms with Gasteiger partial charge < -0.3 is 14.4 Å². The van der Waals surface area contributed by atoms with E-state index < -0.39 is 11.7 Å². The number of hydrogen-bond acceptors (Lipinski definition) is 5. The molecule has 3 aromatic rings. The number of carbonyl (C=O) groups is 2. The van der Waals surface area contributed by atoms with Gasteiger partial charge in [-0.3, -0.25) is 14.8 Å². The number of carbonyl (C=O) groups excluding carboxylic acids is 2. The van der Waals surface area contributed by atoms with Crippen LogP contribution in [0.25, 0.3) is 11.6 Å². The summed E-state index contributed by atoms with van der Waals surface area (Å²) < 4.78 is 24.6. The molecule has 2 N–H and O–H groups in total. The van der Waals surface area contributed by atoms with Gasteiger partial charge >= 0.3 is 0 Å². The number of halogens is 1. The van der Waals surface area contributed by atoms with Gasteiger partial charge in [-0.25, -0.2) is 9.87 Å². The molecule has 7 nitrogen and oxygen atoms in total. The summed E-state index contributed by atoms with van der Waals surface area (Å²) >= 11 is 0. The molecule has 1 aliphatic rings. The van der Waals surface area contributed by atoms with Crippen LogP contribution in [0.1, 0.15) is 32.6 Å². The van der Waals surface area contributed by atoms with Crippen LogP contribution in [-0.2, 0) is 17.8 Å². The van der Waals surface area contributed by atoms with Gasteiger partial charge in [0.1, 0.15) is 5.82 Å². The minimum atomic E-state index is -0.617. The standard InChI is InChI=1S/C27H25FN2O5/c1-34-24-9-8-19(15-25(24)35-2)23(13-17-4-3-5-22(28)12-17)27(32)30-11-10-18-6-7-20(26(31)29-33)14-21(18)16-30/h3-9,12-15,33H,10-11,16H2,1-2H3,(H,29,31)/b23-13-. The lowest BCUT2D eigenvalue weighted by Gasteiger charge is -2.30. The smallest absolute Gasteiger partial charge is 0.274 e. The molecule has 8 heteroatoms. The Balaban J connectivity index is 1.73. The van der Waals surface area contributed by atoms with Crippen LogP contribution in [0.4, 0.5) is 4.39 Å². The molecule has 0 atom stereocenters. The lowest BCUT2D eigenvalue weighted by atomic mass is 9.95. The highest BCUT2D eigenvalue weighted by Gasteiger charge is 2.25. The quantitative estimate of drug-likeness (QED) is 0.242. The van der Waals surface area contributed by atoms with Crippen molar-refractivity contribution in [3.63, 3.8) is 0 Å². The second kappa shape index (κ2) is 10.4. The zero-order valence-electron chi connectivity index (χ0n) is 19.4. The Bertz CT molecular complexity index is 1300. The molecule has 0 spiro atoms. The maximum Gasteiger partial charge on any atom is 0.274 e. The first-order valence-electron chi connectivity index (χ1n) is 11.0. The molecular formula is C27H25FN2O5. The van der Waals surface area contributed by atoms with E-state index in [-0.39, 0.29) is 12.5 Å². The molecule has 0 aromatic heterocycles. The van der Waals surface area contributed by atoms with Crippen molar-refractivity contribution in [2.24, 2.45) is 0 Å². The van der Waals surface area contributed by atoms with Crippen LogP contribution < -0.4 is 15.0 Å². The molecule has 3 aromatic carbocycles. The van der Waals surface area contributed by atoms with Gasteiger partial charge in [-0.2, -0.15) is 0 Å². The number of ether oxygens (including phenoxy) is 2. The Morgan fingerprint density at radius 1 is 0.971 bits per heavy atom. The average Bonchev–Trinajstić information content (AvgIpc) is 2.89. The van der Waals surface area contributed by atoms with E-state index in [0.29, 0.717) is 46.7 Å². The maximum absolute atomic E-state index is 13.9. The minimum Gasteiger partial charge on any atom is -0.493 e. The summed E-state index contributed by atoms with van der Waals surface area (Å²) in [4.78, 5) is 27.3. The van der Waals surface area contributed by atoms with Gasteiger partial charge in [0.05, 0.1) is 14.2 Å². The third-order valence-electron chi connectivity index (χ3n) is 5.95. The van der Waals surface area contributed by atoms with E-state index in [1.807, 2.05) is 6.07 Å². The van der Waals surface area contributed by atoms with E-state index in [1.54, 1.807) is 58.9 Å². The van der Waals surface area contributed by atoms with Crippen molar-refractivity contribution in [2.75, 3.05) is 20.8 Å². The number of amides is 2. The summed E-state index contributed by atoms with van der Waals surface area (Å²) in [6, 6.07) is 16.3. The van der Waals surface area contributed by atoms with Crippen LogP contribution in [0.5, 0.6) is 11.5 Å². The third-order valence-corrected chi connectivity index (χ3v) is 5.95. The fraction of sp³-hybridized carbons (Fsp3) is 0.185. The van der Waals surface area contributed by atoms with Gasteiger partial charge in [-0.1, -0.05) is 24.3 Å². The average molecular weight is 477 g/mol. The molecule has 180 valence electrons. The zero-order chi connectivity index (χ0) is 24.9. The predicted molar refractivity (Wildman–Crippen MR) is 129 cm³/mol. The van der Waals surface area contributed by atoms with E-state index in [9.17, 15) is 14.0 Å². The van der Waals surface area contributed by atoms with Gasteiger partial charge in [0.25, 0.3) is 11.8 Å². The van der Waals surface area contributed by atoms with Crippen LogP contribution in [0.2, 0.25) is 0 Å². The Labute approximate surface area is 202 Å². The van der Waals surface area contributed by atoms with Gasteiger partial charge in [-0.05, 0) is 71.1 Å². The number of fused-ring (bicyclic) bond motifs is 1. The second-order valence-electron chi connectivity index (χ2n) is 8.08. The van der Waals surface area contributed by atoms with E-state index in [2.05, 4.69) is 0 Å². The van der Waals surface area contributed by atoms with Crippen molar-refractivity contribution in [2.45, 2.75) is 13.0 Å². The van der Waals surface area contributed by atoms with Crippen molar-refractivity contribution in [3.05, 3.63) is 94.3 Å². The van der Waals surface area contributed by atoms with Gasteiger partial charge in [-0.15, -0.1) is 0 Å². The van der Waals surface area contributed by atoms with Crippen LogP contribution in [0.15, 0.2) is 60.7 Å². The highest BCUT2D eigenvalue weighted by Crippen LogP contribution is 2.33. The topological polar surface area (TPSA) is 88.1 Å². The molecule has 1 aliphatic heterocycles. The molecule has 2 amide bonds. The number of benzene rings is 3. The molecule has 1 heterocycles. The molecule has 0 saturated heterocycles. The fourth-order valence-corrected chi connectivity index (χ4v) is 4.14. The summed E-state index contributed by atoms with van der Waals surface area (Å²) in [6.45, 7) is 0.764. The highest BCUT2D eigenvalue weighted by molar-refractivity contribution is 6.24. The van der Waals surface area contributed by atoms with Gasteiger partial charge in [0.15, 0.2) is 11.5 Å².